The molecule has 1 rings (SSSR count). The van der Waals surface area contributed by atoms with E-state index in [-0.39, 0.29) is 6.23 Å². The van der Waals surface area contributed by atoms with Gasteiger partial charge in [-0.25, -0.2) is 4.79 Å². The molecule has 1 fully saturated rings. The second-order valence-electron chi connectivity index (χ2n) is 1.62. The monoisotopic (exact) mass is 117 g/mol. The van der Waals surface area contributed by atoms with E-state index in [2.05, 4.69) is 10.1 Å². The molecule has 1 atom stereocenters. The fraction of sp³-hybridized carbons (Fsp3) is 0.750. The molecular weight excluding hydrogens is 110 g/mol. The Balaban J connectivity index is 2.09. The molecule has 0 spiro atoms. The van der Waals surface area contributed by atoms with Crippen molar-refractivity contribution in [2.75, 3.05) is 6.54 Å². The zero-order valence-electron chi connectivity index (χ0n) is 4.26. The van der Waals surface area contributed by atoms with Crippen LogP contribution < -0.4 is 5.32 Å². The van der Waals surface area contributed by atoms with Crippen molar-refractivity contribution in [3.8, 4) is 0 Å². The molecule has 1 aliphatic heterocycles. The van der Waals surface area contributed by atoms with E-state index >= 15 is 0 Å². The van der Waals surface area contributed by atoms with Gasteiger partial charge in [0.05, 0.1) is 0 Å². The predicted molar refractivity (Wildman–Crippen MR) is 25.5 cm³/mol. The Kier molecular flexibility index (Phi) is 1.34. The summed E-state index contributed by atoms with van der Waals surface area (Å²) in [5.41, 5.74) is 0. The highest BCUT2D eigenvalue weighted by atomic mass is 16.7. The Labute approximate surface area is 46.4 Å². The lowest BCUT2D eigenvalue weighted by atomic mass is 10.2. The molecule has 1 aliphatic rings. The summed E-state index contributed by atoms with van der Waals surface area (Å²) in [6, 6.07) is 0. The van der Waals surface area contributed by atoms with Gasteiger partial charge in [0.15, 0.2) is 6.23 Å². The summed E-state index contributed by atoms with van der Waals surface area (Å²) in [5, 5.41) is 10.8. The normalized spacial score (nSPS) is 26.2. The standard InChI is InChI=1S/C4H7NO3/c6-4(7)8-3-1-2-5-3/h3,5H,1-2H2,(H,6,7)/t3-/m1/s1. The first-order chi connectivity index (χ1) is 3.79. The van der Waals surface area contributed by atoms with E-state index in [9.17, 15) is 4.79 Å². The average molecular weight is 117 g/mol. The molecule has 0 saturated carbocycles. The van der Waals surface area contributed by atoms with Crippen molar-refractivity contribution < 1.29 is 14.6 Å². The minimum absolute atomic E-state index is 0.243. The SMILES string of the molecule is O=C(O)O[C@@H]1CCN1. The van der Waals surface area contributed by atoms with E-state index in [1.54, 1.807) is 0 Å². The van der Waals surface area contributed by atoms with Crippen LogP contribution in [0.1, 0.15) is 6.42 Å². The fourth-order valence-corrected chi connectivity index (χ4v) is 0.484. The summed E-state index contributed by atoms with van der Waals surface area (Å²) in [6.07, 6.45) is -0.651. The van der Waals surface area contributed by atoms with Crippen LogP contribution in [0.5, 0.6) is 0 Å². The zero-order valence-corrected chi connectivity index (χ0v) is 4.26. The summed E-state index contributed by atoms with van der Waals surface area (Å²) >= 11 is 0. The Morgan fingerprint density at radius 2 is 2.50 bits per heavy atom. The molecule has 4 heteroatoms. The van der Waals surface area contributed by atoms with Gasteiger partial charge in [0, 0.05) is 13.0 Å². The Hall–Kier alpha value is -0.770. The van der Waals surface area contributed by atoms with Crippen LogP contribution in [-0.2, 0) is 4.74 Å². The average Bonchev–Trinajstić information content (AvgIpc) is 1.55. The van der Waals surface area contributed by atoms with Crippen LogP contribution in [0.4, 0.5) is 4.79 Å². The van der Waals surface area contributed by atoms with Crippen molar-refractivity contribution in [2.45, 2.75) is 12.6 Å². The molecule has 4 nitrogen and oxygen atoms in total. The van der Waals surface area contributed by atoms with E-state index in [0.717, 1.165) is 13.0 Å². The molecule has 0 amide bonds. The van der Waals surface area contributed by atoms with Crippen molar-refractivity contribution >= 4 is 6.16 Å². The second kappa shape index (κ2) is 2.00. The number of hydrogen-bond acceptors (Lipinski definition) is 3. The summed E-state index contributed by atoms with van der Waals surface area (Å²) in [6.45, 7) is 0.859. The predicted octanol–water partition coefficient (Wildman–Crippen LogP) is 0.000400. The van der Waals surface area contributed by atoms with E-state index in [1.807, 2.05) is 0 Å². The molecule has 0 aromatic heterocycles. The van der Waals surface area contributed by atoms with Crippen molar-refractivity contribution in [2.24, 2.45) is 0 Å². The highest BCUT2D eigenvalue weighted by Crippen LogP contribution is 2.02. The summed E-state index contributed by atoms with van der Waals surface area (Å²) in [7, 11) is 0. The lowest BCUT2D eigenvalue weighted by Crippen LogP contribution is -2.45. The quantitative estimate of drug-likeness (QED) is 0.474. The lowest BCUT2D eigenvalue weighted by Gasteiger charge is -2.25. The number of carbonyl (C=O) groups is 1. The van der Waals surface area contributed by atoms with Crippen LogP contribution in [0.25, 0.3) is 0 Å². The fourth-order valence-electron chi connectivity index (χ4n) is 0.484. The molecule has 0 bridgehead atoms. The van der Waals surface area contributed by atoms with Crippen molar-refractivity contribution in [3.63, 3.8) is 0 Å². The largest absolute Gasteiger partial charge is 0.507 e. The maximum absolute atomic E-state index is 9.74. The van der Waals surface area contributed by atoms with Gasteiger partial charge in [-0.05, 0) is 0 Å². The van der Waals surface area contributed by atoms with Crippen molar-refractivity contribution in [1.29, 1.82) is 0 Å². The number of nitrogens with one attached hydrogen (secondary N) is 1. The smallest absolute Gasteiger partial charge is 0.450 e. The van der Waals surface area contributed by atoms with Crippen LogP contribution in [0, 0.1) is 0 Å². The molecule has 1 saturated heterocycles. The minimum Gasteiger partial charge on any atom is -0.450 e. The minimum atomic E-state index is -1.21. The Morgan fingerprint density at radius 1 is 1.88 bits per heavy atom. The second-order valence-corrected chi connectivity index (χ2v) is 1.62. The van der Waals surface area contributed by atoms with Gasteiger partial charge in [0.25, 0.3) is 0 Å². The first-order valence-electron chi connectivity index (χ1n) is 2.42. The van der Waals surface area contributed by atoms with Gasteiger partial charge in [0.1, 0.15) is 0 Å². The Morgan fingerprint density at radius 3 is 2.62 bits per heavy atom. The van der Waals surface area contributed by atoms with Crippen molar-refractivity contribution in [3.05, 3.63) is 0 Å². The molecule has 46 valence electrons. The van der Waals surface area contributed by atoms with Crippen molar-refractivity contribution in [1.82, 2.24) is 5.32 Å². The van der Waals surface area contributed by atoms with Crippen LogP contribution in [-0.4, -0.2) is 24.0 Å². The number of carboxylic acid groups (broad SMARTS) is 1. The van der Waals surface area contributed by atoms with E-state index in [0.29, 0.717) is 0 Å². The summed E-state index contributed by atoms with van der Waals surface area (Å²) in [5.74, 6) is 0. The van der Waals surface area contributed by atoms with Gasteiger partial charge in [-0.2, -0.15) is 0 Å². The van der Waals surface area contributed by atoms with Crippen LogP contribution in [0.2, 0.25) is 0 Å². The number of rotatable bonds is 1. The van der Waals surface area contributed by atoms with Gasteiger partial charge in [-0.1, -0.05) is 0 Å². The van der Waals surface area contributed by atoms with Gasteiger partial charge in [-0.3, -0.25) is 5.32 Å². The molecule has 0 aromatic carbocycles. The van der Waals surface area contributed by atoms with E-state index in [1.165, 1.54) is 0 Å². The number of ether oxygens (including phenoxy) is 1. The first kappa shape index (κ1) is 5.37. The zero-order chi connectivity index (χ0) is 5.98. The summed E-state index contributed by atoms with van der Waals surface area (Å²) < 4.78 is 4.29. The van der Waals surface area contributed by atoms with E-state index < -0.39 is 6.16 Å². The lowest BCUT2D eigenvalue weighted by molar-refractivity contribution is 0.00553. The summed E-state index contributed by atoms with van der Waals surface area (Å²) in [4.78, 5) is 9.74. The molecule has 0 unspecified atom stereocenters. The molecular formula is C4H7NO3. The van der Waals surface area contributed by atoms with Gasteiger partial charge in [0.2, 0.25) is 0 Å². The molecule has 1 heterocycles. The third-order valence-electron chi connectivity index (χ3n) is 1.02. The third kappa shape index (κ3) is 1.10. The third-order valence-corrected chi connectivity index (χ3v) is 1.02. The maximum Gasteiger partial charge on any atom is 0.507 e. The van der Waals surface area contributed by atoms with Crippen LogP contribution in [0.15, 0.2) is 0 Å². The van der Waals surface area contributed by atoms with Crippen LogP contribution in [0.3, 0.4) is 0 Å². The highest BCUT2D eigenvalue weighted by Gasteiger charge is 2.19. The van der Waals surface area contributed by atoms with Gasteiger partial charge in [-0.15, -0.1) is 0 Å². The van der Waals surface area contributed by atoms with Gasteiger partial charge < -0.3 is 9.84 Å². The van der Waals surface area contributed by atoms with Crippen LogP contribution >= 0.6 is 0 Å². The molecule has 8 heavy (non-hydrogen) atoms. The molecule has 0 aliphatic carbocycles. The molecule has 0 aromatic rings. The Bertz CT molecular complexity index is 99.5. The highest BCUT2D eigenvalue weighted by molar-refractivity contribution is 5.57. The molecule has 2 N–H and O–H groups in total. The van der Waals surface area contributed by atoms with E-state index in [4.69, 9.17) is 5.11 Å². The maximum atomic E-state index is 9.74. The first-order valence-corrected chi connectivity index (χ1v) is 2.42. The topological polar surface area (TPSA) is 58.6 Å². The molecule has 0 radical (unpaired) electrons. The van der Waals surface area contributed by atoms with Gasteiger partial charge >= 0.3 is 6.16 Å². The number of hydrogen-bond donors (Lipinski definition) is 2.